The van der Waals surface area contributed by atoms with Crippen molar-refractivity contribution >= 4 is 22.5 Å². The molecule has 1 aromatic carbocycles. The zero-order valence-electron chi connectivity index (χ0n) is 14.0. The highest BCUT2D eigenvalue weighted by molar-refractivity contribution is 6.05. The van der Waals surface area contributed by atoms with Gasteiger partial charge in [0.15, 0.2) is 5.82 Å². The summed E-state index contributed by atoms with van der Waals surface area (Å²) < 4.78 is 0. The van der Waals surface area contributed by atoms with E-state index in [0.717, 1.165) is 35.4 Å². The van der Waals surface area contributed by atoms with Gasteiger partial charge in [0.25, 0.3) is 5.91 Å². The molecule has 0 unspecified atom stereocenters. The summed E-state index contributed by atoms with van der Waals surface area (Å²) in [6, 6.07) is 13.7. The van der Waals surface area contributed by atoms with Crippen LogP contribution in [0, 0.1) is 12.8 Å². The number of aryl methyl sites for hydroxylation is 1. The molecule has 3 heterocycles. The minimum Gasteiger partial charge on any atom is -0.354 e. The highest BCUT2D eigenvalue weighted by Crippen LogP contribution is 2.22. The SMILES string of the molecule is Cc1ccc(N2CC(CNC(=O)c3nccc4ccccc34)C2)nn1. The van der Waals surface area contributed by atoms with Gasteiger partial charge in [0.2, 0.25) is 0 Å². The van der Waals surface area contributed by atoms with Crippen LogP contribution in [0.3, 0.4) is 0 Å². The Morgan fingerprint density at radius 3 is 2.80 bits per heavy atom. The maximum Gasteiger partial charge on any atom is 0.270 e. The lowest BCUT2D eigenvalue weighted by Crippen LogP contribution is -2.52. The fourth-order valence-corrected chi connectivity index (χ4v) is 3.07. The second-order valence-electron chi connectivity index (χ2n) is 6.39. The van der Waals surface area contributed by atoms with Gasteiger partial charge < -0.3 is 10.2 Å². The molecule has 1 aliphatic rings. The molecule has 1 amide bonds. The first-order valence-corrected chi connectivity index (χ1v) is 8.38. The lowest BCUT2D eigenvalue weighted by molar-refractivity contribution is 0.0941. The van der Waals surface area contributed by atoms with E-state index in [0.29, 0.717) is 18.2 Å². The standard InChI is InChI=1S/C19H19N5O/c1-13-6-7-17(23-22-13)24-11-14(12-24)10-21-19(25)18-16-5-3-2-4-15(16)8-9-20-18/h2-9,14H,10-12H2,1H3,(H,21,25). The van der Waals surface area contributed by atoms with Crippen LogP contribution in [0.5, 0.6) is 0 Å². The molecule has 0 atom stereocenters. The highest BCUT2D eigenvalue weighted by atomic mass is 16.1. The van der Waals surface area contributed by atoms with Gasteiger partial charge in [0.1, 0.15) is 5.69 Å². The van der Waals surface area contributed by atoms with E-state index < -0.39 is 0 Å². The van der Waals surface area contributed by atoms with E-state index in [-0.39, 0.29) is 5.91 Å². The summed E-state index contributed by atoms with van der Waals surface area (Å²) in [4.78, 5) is 18.9. The summed E-state index contributed by atoms with van der Waals surface area (Å²) in [6.07, 6.45) is 1.68. The van der Waals surface area contributed by atoms with Gasteiger partial charge in [-0.25, -0.2) is 0 Å². The molecule has 0 spiro atoms. The molecule has 0 radical (unpaired) electrons. The molecule has 4 rings (SSSR count). The van der Waals surface area contributed by atoms with E-state index in [2.05, 4.69) is 25.4 Å². The van der Waals surface area contributed by atoms with Crippen molar-refractivity contribution in [3.05, 3.63) is 60.0 Å². The van der Waals surface area contributed by atoms with Crippen LogP contribution in [0.1, 0.15) is 16.2 Å². The molecule has 1 N–H and O–H groups in total. The summed E-state index contributed by atoms with van der Waals surface area (Å²) >= 11 is 0. The van der Waals surface area contributed by atoms with E-state index in [1.807, 2.05) is 49.4 Å². The molecule has 1 aliphatic heterocycles. The highest BCUT2D eigenvalue weighted by Gasteiger charge is 2.28. The minimum absolute atomic E-state index is 0.120. The van der Waals surface area contributed by atoms with Crippen molar-refractivity contribution in [3.8, 4) is 0 Å². The van der Waals surface area contributed by atoms with Gasteiger partial charge in [0.05, 0.1) is 5.69 Å². The third kappa shape index (κ3) is 3.15. The smallest absolute Gasteiger partial charge is 0.270 e. The molecular formula is C19H19N5O. The second-order valence-corrected chi connectivity index (χ2v) is 6.39. The topological polar surface area (TPSA) is 71.0 Å². The number of carbonyl (C=O) groups excluding carboxylic acids is 1. The first kappa shape index (κ1) is 15.5. The Kier molecular flexibility index (Phi) is 4.01. The van der Waals surface area contributed by atoms with Gasteiger partial charge in [-0.1, -0.05) is 24.3 Å². The maximum atomic E-state index is 12.5. The van der Waals surface area contributed by atoms with E-state index in [9.17, 15) is 4.79 Å². The molecule has 25 heavy (non-hydrogen) atoms. The van der Waals surface area contributed by atoms with Crippen molar-refractivity contribution in [2.75, 3.05) is 24.5 Å². The van der Waals surface area contributed by atoms with Crippen LogP contribution in [-0.2, 0) is 0 Å². The van der Waals surface area contributed by atoms with Gasteiger partial charge in [-0.3, -0.25) is 9.78 Å². The number of hydrogen-bond donors (Lipinski definition) is 1. The summed E-state index contributed by atoms with van der Waals surface area (Å²) in [5.74, 6) is 1.19. The Morgan fingerprint density at radius 1 is 1.16 bits per heavy atom. The van der Waals surface area contributed by atoms with Gasteiger partial charge in [-0.05, 0) is 30.5 Å². The van der Waals surface area contributed by atoms with Gasteiger partial charge in [-0.15, -0.1) is 5.10 Å². The molecule has 126 valence electrons. The average molecular weight is 333 g/mol. The van der Waals surface area contributed by atoms with E-state index in [4.69, 9.17) is 0 Å². The van der Waals surface area contributed by atoms with Crippen molar-refractivity contribution in [2.24, 2.45) is 5.92 Å². The van der Waals surface area contributed by atoms with Crippen LogP contribution < -0.4 is 10.2 Å². The van der Waals surface area contributed by atoms with Crippen molar-refractivity contribution in [2.45, 2.75) is 6.92 Å². The molecular weight excluding hydrogens is 314 g/mol. The Morgan fingerprint density at radius 2 is 2.00 bits per heavy atom. The zero-order valence-corrected chi connectivity index (χ0v) is 14.0. The van der Waals surface area contributed by atoms with Crippen LogP contribution in [-0.4, -0.2) is 40.7 Å². The largest absolute Gasteiger partial charge is 0.354 e. The van der Waals surface area contributed by atoms with Crippen molar-refractivity contribution in [1.29, 1.82) is 0 Å². The fraction of sp³-hybridized carbons (Fsp3) is 0.263. The lowest BCUT2D eigenvalue weighted by atomic mass is 10.00. The van der Waals surface area contributed by atoms with E-state index in [1.54, 1.807) is 6.20 Å². The van der Waals surface area contributed by atoms with Crippen molar-refractivity contribution in [1.82, 2.24) is 20.5 Å². The summed E-state index contributed by atoms with van der Waals surface area (Å²) in [6.45, 7) is 4.31. The predicted molar refractivity (Wildman–Crippen MR) is 96.5 cm³/mol. The van der Waals surface area contributed by atoms with Crippen molar-refractivity contribution in [3.63, 3.8) is 0 Å². The zero-order chi connectivity index (χ0) is 17.2. The van der Waals surface area contributed by atoms with Crippen LogP contribution in [0.4, 0.5) is 5.82 Å². The van der Waals surface area contributed by atoms with E-state index in [1.165, 1.54) is 0 Å². The molecule has 0 aliphatic carbocycles. The third-order valence-electron chi connectivity index (χ3n) is 4.50. The second kappa shape index (κ2) is 6.47. The number of nitrogens with zero attached hydrogens (tertiary/aromatic N) is 4. The lowest BCUT2D eigenvalue weighted by Gasteiger charge is -2.39. The predicted octanol–water partition coefficient (Wildman–Crippen LogP) is 2.20. The number of fused-ring (bicyclic) bond motifs is 1. The van der Waals surface area contributed by atoms with Crippen LogP contribution >= 0.6 is 0 Å². The van der Waals surface area contributed by atoms with Gasteiger partial charge >= 0.3 is 0 Å². The summed E-state index contributed by atoms with van der Waals surface area (Å²) in [7, 11) is 0. The molecule has 0 saturated carbocycles. The normalized spacial score (nSPS) is 14.4. The Balaban J connectivity index is 1.35. The number of carbonyl (C=O) groups is 1. The molecule has 1 fully saturated rings. The molecule has 6 nitrogen and oxygen atoms in total. The number of benzene rings is 1. The van der Waals surface area contributed by atoms with Gasteiger partial charge in [0, 0.05) is 37.1 Å². The molecule has 2 aromatic heterocycles. The quantitative estimate of drug-likeness (QED) is 0.792. The molecule has 6 heteroatoms. The number of aromatic nitrogens is 3. The minimum atomic E-state index is -0.120. The number of hydrogen-bond acceptors (Lipinski definition) is 5. The average Bonchev–Trinajstić information content (AvgIpc) is 2.61. The van der Waals surface area contributed by atoms with E-state index >= 15 is 0 Å². The Hall–Kier alpha value is -3.02. The maximum absolute atomic E-state index is 12.5. The molecule has 1 saturated heterocycles. The number of rotatable bonds is 4. The number of pyridine rings is 1. The number of anilines is 1. The Labute approximate surface area is 145 Å². The molecule has 3 aromatic rings. The summed E-state index contributed by atoms with van der Waals surface area (Å²) in [5.41, 5.74) is 1.40. The van der Waals surface area contributed by atoms with Crippen molar-refractivity contribution < 1.29 is 4.79 Å². The van der Waals surface area contributed by atoms with Crippen LogP contribution in [0.2, 0.25) is 0 Å². The third-order valence-corrected chi connectivity index (χ3v) is 4.50. The van der Waals surface area contributed by atoms with Gasteiger partial charge in [-0.2, -0.15) is 5.10 Å². The number of amides is 1. The summed E-state index contributed by atoms with van der Waals surface area (Å²) in [5, 5.41) is 13.2. The number of nitrogens with one attached hydrogen (secondary N) is 1. The Bertz CT molecular complexity index is 898. The first-order valence-electron chi connectivity index (χ1n) is 8.38. The monoisotopic (exact) mass is 333 g/mol. The fourth-order valence-electron chi connectivity index (χ4n) is 3.07. The first-order chi connectivity index (χ1) is 12.2. The van der Waals surface area contributed by atoms with Crippen LogP contribution in [0.25, 0.3) is 10.8 Å². The van der Waals surface area contributed by atoms with Crippen LogP contribution in [0.15, 0.2) is 48.7 Å². The molecule has 0 bridgehead atoms.